The van der Waals surface area contributed by atoms with E-state index in [2.05, 4.69) is 37.3 Å². The van der Waals surface area contributed by atoms with Crippen LogP contribution < -0.4 is 0 Å². The van der Waals surface area contributed by atoms with Gasteiger partial charge in [0.1, 0.15) is 24.4 Å². The number of ether oxygens (including phenoxy) is 1. The maximum absolute atomic E-state index is 10.7. The molecular weight excluding hydrogens is 394 g/mol. The highest BCUT2D eigenvalue weighted by Gasteiger charge is 2.44. The van der Waals surface area contributed by atoms with Crippen molar-refractivity contribution in [2.45, 2.75) is 62.7 Å². The number of aliphatic hydroxyl groups excluding tert-OH is 4. The molecule has 2 fully saturated rings. The van der Waals surface area contributed by atoms with Crippen molar-refractivity contribution in [2.24, 2.45) is 0 Å². The molecule has 4 N–H and O–H groups in total. The lowest BCUT2D eigenvalue weighted by Gasteiger charge is -2.40. The minimum absolute atomic E-state index is 0.445. The number of nitrogens with zero attached hydrogens (tertiary/aromatic N) is 1. The van der Waals surface area contributed by atoms with Crippen LogP contribution in [-0.2, 0) is 11.2 Å². The average Bonchev–Trinajstić information content (AvgIpc) is 3.56. The quantitative estimate of drug-likeness (QED) is 0.506. The molecule has 2 aliphatic rings. The van der Waals surface area contributed by atoms with Crippen molar-refractivity contribution in [2.75, 3.05) is 6.61 Å². The molecule has 6 heteroatoms. The summed E-state index contributed by atoms with van der Waals surface area (Å²) in [6.45, 7) is 1.61. The minimum Gasteiger partial charge on any atom is -0.394 e. The zero-order valence-electron chi connectivity index (χ0n) is 17.6. The van der Waals surface area contributed by atoms with Gasteiger partial charge < -0.3 is 29.7 Å². The molecule has 6 nitrogen and oxygen atoms in total. The van der Waals surface area contributed by atoms with Gasteiger partial charge >= 0.3 is 0 Å². The topological polar surface area (TPSA) is 95.1 Å². The summed E-state index contributed by atoms with van der Waals surface area (Å²) in [5, 5.41) is 41.7. The standard InChI is InChI=1S/C25H29NO5/c1-14-3-2-4-19-21(14)18(11-15-5-7-16(8-6-15)17-9-10-17)12-26(19)25-24(30)23(29)22(28)20(13-27)31-25/h2-8,12,17,20,22-25,27-30H,9-11,13H2,1H3/t20-,22-,23+,24-,25?/m1/s1. The SMILES string of the molecule is Cc1cccc2c1c(Cc1ccc(C3CC3)cc1)cn2C1O[C@H](CO)[C@@H](O)[C@H](O)[C@H]1O. The predicted octanol–water partition coefficient (Wildman–Crippen LogP) is 2.39. The first-order valence-corrected chi connectivity index (χ1v) is 11.0. The third-order valence-corrected chi connectivity index (χ3v) is 6.71. The molecule has 2 heterocycles. The number of fused-ring (bicyclic) bond motifs is 1. The molecular formula is C25H29NO5. The highest BCUT2D eigenvalue weighted by atomic mass is 16.6. The lowest BCUT2D eigenvalue weighted by atomic mass is 9.98. The first kappa shape index (κ1) is 20.7. The van der Waals surface area contributed by atoms with Gasteiger partial charge in [-0.2, -0.15) is 0 Å². The van der Waals surface area contributed by atoms with Crippen molar-refractivity contribution in [1.29, 1.82) is 0 Å². The summed E-state index contributed by atoms with van der Waals surface area (Å²) in [5.74, 6) is 0.726. The summed E-state index contributed by atoms with van der Waals surface area (Å²) in [6.07, 6.45) is -0.693. The fourth-order valence-corrected chi connectivity index (χ4v) is 4.79. The van der Waals surface area contributed by atoms with E-state index in [0.717, 1.165) is 34.4 Å². The first-order valence-electron chi connectivity index (χ1n) is 11.0. The molecule has 0 amide bonds. The van der Waals surface area contributed by atoms with Crippen LogP contribution in [-0.4, -0.2) is 56.0 Å². The third-order valence-electron chi connectivity index (χ3n) is 6.71. The van der Waals surface area contributed by atoms with E-state index in [9.17, 15) is 20.4 Å². The summed E-state index contributed by atoms with van der Waals surface area (Å²) in [4.78, 5) is 0. The molecule has 0 radical (unpaired) electrons. The maximum atomic E-state index is 10.7. The Morgan fingerprint density at radius 1 is 0.968 bits per heavy atom. The van der Waals surface area contributed by atoms with Gasteiger partial charge in [-0.3, -0.25) is 0 Å². The number of hydrogen-bond acceptors (Lipinski definition) is 5. The van der Waals surface area contributed by atoms with Crippen molar-refractivity contribution in [3.8, 4) is 0 Å². The third kappa shape index (κ3) is 3.69. The molecule has 2 aromatic carbocycles. The fraction of sp³-hybridized carbons (Fsp3) is 0.440. The Bertz CT molecular complexity index is 1070. The molecule has 1 saturated heterocycles. The number of aryl methyl sites for hydroxylation is 1. The molecule has 5 rings (SSSR count). The number of aliphatic hydroxyl groups is 4. The van der Waals surface area contributed by atoms with E-state index in [1.165, 1.54) is 24.0 Å². The summed E-state index contributed by atoms with van der Waals surface area (Å²) in [6, 6.07) is 14.8. The van der Waals surface area contributed by atoms with Gasteiger partial charge in [0.25, 0.3) is 0 Å². The molecule has 1 unspecified atom stereocenters. The minimum atomic E-state index is -1.41. The highest BCUT2D eigenvalue weighted by Crippen LogP contribution is 2.40. The zero-order chi connectivity index (χ0) is 21.7. The van der Waals surface area contributed by atoms with Crippen LogP contribution in [0.4, 0.5) is 0 Å². The van der Waals surface area contributed by atoms with Crippen molar-refractivity contribution in [3.05, 3.63) is 70.9 Å². The van der Waals surface area contributed by atoms with Crippen molar-refractivity contribution in [1.82, 2.24) is 4.57 Å². The summed E-state index contributed by atoms with van der Waals surface area (Å²) in [7, 11) is 0. The monoisotopic (exact) mass is 423 g/mol. The van der Waals surface area contributed by atoms with Gasteiger partial charge in [0.05, 0.1) is 12.1 Å². The molecule has 0 spiro atoms. The van der Waals surface area contributed by atoms with Crippen LogP contribution in [0.25, 0.3) is 10.9 Å². The smallest absolute Gasteiger partial charge is 0.163 e. The van der Waals surface area contributed by atoms with Crippen LogP contribution in [0.3, 0.4) is 0 Å². The van der Waals surface area contributed by atoms with Gasteiger partial charge in [-0.25, -0.2) is 0 Å². The number of rotatable bonds is 5. The van der Waals surface area contributed by atoms with E-state index in [1.807, 2.05) is 22.9 Å². The zero-order valence-corrected chi connectivity index (χ0v) is 17.6. The molecule has 1 saturated carbocycles. The van der Waals surface area contributed by atoms with Gasteiger partial charge in [-0.05, 0) is 60.4 Å². The molecule has 5 atom stereocenters. The average molecular weight is 424 g/mol. The summed E-state index contributed by atoms with van der Waals surface area (Å²) in [5.41, 5.74) is 5.72. The van der Waals surface area contributed by atoms with Crippen molar-refractivity contribution >= 4 is 10.9 Å². The normalized spacial score (nSPS) is 28.9. The van der Waals surface area contributed by atoms with Crippen LogP contribution in [0, 0.1) is 6.92 Å². The Kier molecular flexibility index (Phi) is 5.36. The fourth-order valence-electron chi connectivity index (χ4n) is 4.79. The second-order valence-electron chi connectivity index (χ2n) is 8.94. The maximum Gasteiger partial charge on any atom is 0.163 e. The Morgan fingerprint density at radius 3 is 2.39 bits per heavy atom. The van der Waals surface area contributed by atoms with Gasteiger partial charge in [-0.1, -0.05) is 36.4 Å². The van der Waals surface area contributed by atoms with Crippen LogP contribution >= 0.6 is 0 Å². The predicted molar refractivity (Wildman–Crippen MR) is 117 cm³/mol. The molecule has 164 valence electrons. The van der Waals surface area contributed by atoms with E-state index >= 15 is 0 Å². The Balaban J connectivity index is 1.53. The Labute approximate surface area is 181 Å². The molecule has 0 bridgehead atoms. The highest BCUT2D eigenvalue weighted by molar-refractivity contribution is 5.87. The van der Waals surface area contributed by atoms with Gasteiger partial charge in [0.15, 0.2) is 6.23 Å². The largest absolute Gasteiger partial charge is 0.394 e. The summed E-state index contributed by atoms with van der Waals surface area (Å²) < 4.78 is 7.65. The molecule has 31 heavy (non-hydrogen) atoms. The van der Waals surface area contributed by atoms with E-state index in [-0.39, 0.29) is 0 Å². The Hall–Kier alpha value is -2.22. The van der Waals surface area contributed by atoms with Gasteiger partial charge in [-0.15, -0.1) is 0 Å². The van der Waals surface area contributed by atoms with E-state index < -0.39 is 37.3 Å². The van der Waals surface area contributed by atoms with E-state index in [4.69, 9.17) is 4.74 Å². The lowest BCUT2D eigenvalue weighted by Crippen LogP contribution is -2.56. The molecule has 1 aromatic heterocycles. The molecule has 3 aromatic rings. The molecule has 1 aliphatic carbocycles. The van der Waals surface area contributed by atoms with Crippen LogP contribution in [0.1, 0.15) is 47.2 Å². The van der Waals surface area contributed by atoms with Crippen molar-refractivity contribution < 1.29 is 25.2 Å². The number of hydrogen-bond donors (Lipinski definition) is 4. The van der Waals surface area contributed by atoms with Crippen molar-refractivity contribution in [3.63, 3.8) is 0 Å². The van der Waals surface area contributed by atoms with Crippen LogP contribution in [0.5, 0.6) is 0 Å². The van der Waals surface area contributed by atoms with Crippen LogP contribution in [0.2, 0.25) is 0 Å². The van der Waals surface area contributed by atoms with Gasteiger partial charge in [0, 0.05) is 11.6 Å². The molecule has 1 aliphatic heterocycles. The summed E-state index contributed by atoms with van der Waals surface area (Å²) >= 11 is 0. The van der Waals surface area contributed by atoms with Gasteiger partial charge in [0.2, 0.25) is 0 Å². The van der Waals surface area contributed by atoms with E-state index in [1.54, 1.807) is 0 Å². The first-order chi connectivity index (χ1) is 15.0. The van der Waals surface area contributed by atoms with E-state index in [0.29, 0.717) is 0 Å². The second-order valence-corrected chi connectivity index (χ2v) is 8.94. The number of aromatic nitrogens is 1. The second kappa shape index (κ2) is 8.04. The van der Waals surface area contributed by atoms with Crippen LogP contribution in [0.15, 0.2) is 48.7 Å². The Morgan fingerprint density at radius 2 is 1.71 bits per heavy atom. The lowest BCUT2D eigenvalue weighted by molar-refractivity contribution is -0.250. The number of benzene rings is 2.